The van der Waals surface area contributed by atoms with Gasteiger partial charge in [0.2, 0.25) is 0 Å². The maximum Gasteiger partial charge on any atom is 0.345 e. The first-order valence-corrected chi connectivity index (χ1v) is 9.95. The van der Waals surface area contributed by atoms with E-state index >= 15 is 0 Å². The van der Waals surface area contributed by atoms with Gasteiger partial charge in [0, 0.05) is 11.5 Å². The number of fused-ring (bicyclic) bond motifs is 1. The normalized spacial score (nSPS) is 10.5. The number of ether oxygens (including phenoxy) is 4. The predicted molar refractivity (Wildman–Crippen MR) is 118 cm³/mol. The maximum absolute atomic E-state index is 12.8. The molecule has 0 atom stereocenters. The number of rotatable bonds is 8. The van der Waals surface area contributed by atoms with Crippen LogP contribution in [0.3, 0.4) is 0 Å². The molecule has 0 saturated carbocycles. The van der Waals surface area contributed by atoms with Crippen molar-refractivity contribution >= 4 is 28.5 Å². The summed E-state index contributed by atoms with van der Waals surface area (Å²) >= 11 is 0. The number of nitro benzene ring substituents is 1. The van der Waals surface area contributed by atoms with Crippen LogP contribution in [0.25, 0.3) is 10.9 Å². The first-order chi connectivity index (χ1) is 15.8. The minimum Gasteiger partial charge on any atom is -0.493 e. The minimum absolute atomic E-state index is 0.128. The Morgan fingerprint density at radius 2 is 1.82 bits per heavy atom. The monoisotopic (exact) mass is 454 g/mol. The molecule has 1 heterocycles. The van der Waals surface area contributed by atoms with Crippen molar-refractivity contribution in [3.63, 3.8) is 0 Å². The van der Waals surface area contributed by atoms with Gasteiger partial charge in [-0.2, -0.15) is 0 Å². The van der Waals surface area contributed by atoms with Crippen LogP contribution in [0.5, 0.6) is 11.5 Å². The van der Waals surface area contributed by atoms with Crippen molar-refractivity contribution in [3.05, 3.63) is 68.9 Å². The molecule has 0 saturated heterocycles. The topological polar surface area (TPSA) is 127 Å². The molecule has 0 amide bonds. The highest BCUT2D eigenvalue weighted by Crippen LogP contribution is 2.35. The van der Waals surface area contributed by atoms with Crippen LogP contribution in [0.2, 0.25) is 0 Å². The summed E-state index contributed by atoms with van der Waals surface area (Å²) in [4.78, 5) is 40.5. The molecule has 0 aliphatic rings. The number of hydrogen-bond donors (Lipinski definition) is 0. The van der Waals surface area contributed by atoms with Crippen LogP contribution >= 0.6 is 0 Å². The van der Waals surface area contributed by atoms with E-state index < -0.39 is 29.2 Å². The van der Waals surface area contributed by atoms with Crippen LogP contribution in [-0.2, 0) is 16.1 Å². The van der Waals surface area contributed by atoms with Crippen molar-refractivity contribution in [2.45, 2.75) is 20.5 Å². The molecule has 0 unspecified atom stereocenters. The van der Waals surface area contributed by atoms with Gasteiger partial charge < -0.3 is 18.9 Å². The molecule has 0 aliphatic heterocycles. The molecule has 172 valence electrons. The zero-order chi connectivity index (χ0) is 24.1. The summed E-state index contributed by atoms with van der Waals surface area (Å²) in [6.07, 6.45) is 0. The van der Waals surface area contributed by atoms with Gasteiger partial charge >= 0.3 is 11.9 Å². The number of hydrogen-bond acceptors (Lipinski definition) is 9. The van der Waals surface area contributed by atoms with Crippen molar-refractivity contribution in [2.75, 3.05) is 20.8 Å². The second kappa shape index (κ2) is 9.94. The number of benzene rings is 2. The summed E-state index contributed by atoms with van der Waals surface area (Å²) < 4.78 is 20.7. The third-order valence-corrected chi connectivity index (χ3v) is 4.95. The molecule has 0 aliphatic carbocycles. The Hall–Kier alpha value is -4.21. The summed E-state index contributed by atoms with van der Waals surface area (Å²) in [7, 11) is 2.59. The number of esters is 2. The smallest absolute Gasteiger partial charge is 0.345 e. The quantitative estimate of drug-likeness (QED) is 0.282. The van der Waals surface area contributed by atoms with E-state index in [0.717, 1.165) is 11.5 Å². The van der Waals surface area contributed by atoms with E-state index in [0.29, 0.717) is 11.1 Å². The van der Waals surface area contributed by atoms with Gasteiger partial charge in [0.05, 0.1) is 48.6 Å². The highest BCUT2D eigenvalue weighted by atomic mass is 16.6. The summed E-state index contributed by atoms with van der Waals surface area (Å²) in [5.41, 5.74) is 0.738. The minimum atomic E-state index is -0.980. The summed E-state index contributed by atoms with van der Waals surface area (Å²) in [6.45, 7) is 3.30. The van der Waals surface area contributed by atoms with Gasteiger partial charge in [-0.05, 0) is 25.5 Å². The summed E-state index contributed by atoms with van der Waals surface area (Å²) in [5, 5.41) is 12.3. The maximum atomic E-state index is 12.8. The van der Waals surface area contributed by atoms with Crippen molar-refractivity contribution in [3.8, 4) is 11.5 Å². The zero-order valence-electron chi connectivity index (χ0n) is 18.5. The number of para-hydroxylation sites is 1. The lowest BCUT2D eigenvalue weighted by molar-refractivity contribution is -0.385. The van der Waals surface area contributed by atoms with Crippen molar-refractivity contribution < 1.29 is 33.5 Å². The van der Waals surface area contributed by atoms with Gasteiger partial charge in [0.15, 0.2) is 11.5 Å². The fourth-order valence-corrected chi connectivity index (χ4v) is 3.42. The van der Waals surface area contributed by atoms with E-state index in [2.05, 4.69) is 4.98 Å². The number of methoxy groups -OCH3 is 2. The van der Waals surface area contributed by atoms with E-state index in [1.54, 1.807) is 26.0 Å². The van der Waals surface area contributed by atoms with Gasteiger partial charge in [0.25, 0.3) is 5.69 Å². The largest absolute Gasteiger partial charge is 0.493 e. The molecule has 0 spiro atoms. The Morgan fingerprint density at radius 3 is 2.45 bits per heavy atom. The number of nitro groups is 1. The molecule has 3 aromatic rings. The summed E-state index contributed by atoms with van der Waals surface area (Å²) in [6, 6.07) is 9.48. The van der Waals surface area contributed by atoms with Gasteiger partial charge in [0.1, 0.15) is 12.2 Å². The Morgan fingerprint density at radius 1 is 1.09 bits per heavy atom. The molecule has 0 fully saturated rings. The van der Waals surface area contributed by atoms with E-state index in [1.165, 1.54) is 20.3 Å². The zero-order valence-corrected chi connectivity index (χ0v) is 18.5. The van der Waals surface area contributed by atoms with Crippen LogP contribution in [0.4, 0.5) is 5.69 Å². The molecule has 2 aromatic carbocycles. The first kappa shape index (κ1) is 23.5. The van der Waals surface area contributed by atoms with Crippen LogP contribution in [0.1, 0.15) is 38.9 Å². The third-order valence-electron chi connectivity index (χ3n) is 4.95. The molecule has 0 radical (unpaired) electrons. The average molecular weight is 454 g/mol. The Balaban J connectivity index is 2.00. The Labute approximate surface area is 189 Å². The standard InChI is InChI=1S/C23H22N2O8/c1-5-32-20-11-18(25(28)29)15(10-19(20)30-3)22(26)33-12-17-21(23(27)31-4)13(2)14-8-6-7-9-16(14)24-17/h6-11H,5,12H2,1-4H3. The van der Waals surface area contributed by atoms with E-state index in [1.807, 2.05) is 12.1 Å². The predicted octanol–water partition coefficient (Wildman–Crippen LogP) is 4.00. The van der Waals surface area contributed by atoms with Crippen LogP contribution in [-0.4, -0.2) is 42.7 Å². The molecular formula is C23H22N2O8. The fourth-order valence-electron chi connectivity index (χ4n) is 3.42. The van der Waals surface area contributed by atoms with Crippen LogP contribution < -0.4 is 9.47 Å². The van der Waals surface area contributed by atoms with E-state index in [9.17, 15) is 19.7 Å². The highest BCUT2D eigenvalue weighted by molar-refractivity contribution is 5.98. The lowest BCUT2D eigenvalue weighted by Gasteiger charge is -2.14. The lowest BCUT2D eigenvalue weighted by atomic mass is 10.0. The molecule has 0 bridgehead atoms. The molecule has 1 aromatic heterocycles. The molecule has 10 nitrogen and oxygen atoms in total. The molecule has 0 N–H and O–H groups in total. The Bertz CT molecular complexity index is 1240. The Kier molecular flexibility index (Phi) is 7.07. The van der Waals surface area contributed by atoms with Gasteiger partial charge in [-0.15, -0.1) is 0 Å². The highest BCUT2D eigenvalue weighted by Gasteiger charge is 2.27. The van der Waals surface area contributed by atoms with Crippen molar-refractivity contribution in [1.29, 1.82) is 0 Å². The lowest BCUT2D eigenvalue weighted by Crippen LogP contribution is -2.15. The second-order valence-corrected chi connectivity index (χ2v) is 6.85. The average Bonchev–Trinajstić information content (AvgIpc) is 2.82. The van der Waals surface area contributed by atoms with Crippen molar-refractivity contribution in [1.82, 2.24) is 4.98 Å². The van der Waals surface area contributed by atoms with Crippen LogP contribution in [0, 0.1) is 17.0 Å². The molecule has 33 heavy (non-hydrogen) atoms. The van der Waals surface area contributed by atoms with Crippen molar-refractivity contribution in [2.24, 2.45) is 0 Å². The molecule has 3 rings (SSSR count). The number of aromatic nitrogens is 1. The van der Waals surface area contributed by atoms with E-state index in [4.69, 9.17) is 18.9 Å². The first-order valence-electron chi connectivity index (χ1n) is 9.95. The molecular weight excluding hydrogens is 432 g/mol. The number of carbonyl (C=O) groups is 2. The second-order valence-electron chi connectivity index (χ2n) is 6.85. The number of carbonyl (C=O) groups excluding carboxylic acids is 2. The number of aryl methyl sites for hydroxylation is 1. The number of pyridine rings is 1. The third kappa shape index (κ3) is 4.69. The SMILES string of the molecule is CCOc1cc([N+](=O)[O-])c(C(=O)OCc2nc3ccccc3c(C)c2C(=O)OC)cc1OC. The van der Waals surface area contributed by atoms with Crippen LogP contribution in [0.15, 0.2) is 36.4 Å². The number of nitrogens with zero attached hydrogens (tertiary/aromatic N) is 2. The van der Waals surface area contributed by atoms with Gasteiger partial charge in [-0.25, -0.2) is 14.6 Å². The fraction of sp³-hybridized carbons (Fsp3) is 0.261. The van der Waals surface area contributed by atoms with Gasteiger partial charge in [-0.1, -0.05) is 18.2 Å². The van der Waals surface area contributed by atoms with E-state index in [-0.39, 0.29) is 34.9 Å². The van der Waals surface area contributed by atoms with Gasteiger partial charge in [-0.3, -0.25) is 10.1 Å². The summed E-state index contributed by atoms with van der Waals surface area (Å²) in [5.74, 6) is -1.34. The molecule has 10 heteroatoms.